The van der Waals surface area contributed by atoms with Crippen LogP contribution in [0.2, 0.25) is 0 Å². The fourth-order valence-electron chi connectivity index (χ4n) is 5.12. The summed E-state index contributed by atoms with van der Waals surface area (Å²) in [6.07, 6.45) is -0.353. The molecule has 2 aromatic carbocycles. The number of hydrogen-bond donors (Lipinski definition) is 2. The Labute approximate surface area is 156 Å². The molecular formula is C22H20O5. The predicted octanol–water partition coefficient (Wildman–Crippen LogP) is 3.45. The Balaban J connectivity index is 1.88. The Morgan fingerprint density at radius 3 is 2.63 bits per heavy atom. The Morgan fingerprint density at radius 1 is 1.07 bits per heavy atom. The number of phenolic OH excluding ortho intramolecular Hbond substituents is 1. The lowest BCUT2D eigenvalue weighted by atomic mass is 9.74. The predicted molar refractivity (Wildman–Crippen MR) is 100.0 cm³/mol. The van der Waals surface area contributed by atoms with E-state index in [1.165, 1.54) is 0 Å². The molecule has 0 amide bonds. The molecule has 0 heterocycles. The van der Waals surface area contributed by atoms with Gasteiger partial charge in [-0.05, 0) is 46.4 Å². The van der Waals surface area contributed by atoms with Gasteiger partial charge < -0.3 is 19.7 Å². The topological polar surface area (TPSA) is 76.0 Å². The molecule has 3 atom stereocenters. The van der Waals surface area contributed by atoms with E-state index in [-0.39, 0.29) is 17.5 Å². The highest BCUT2D eigenvalue weighted by molar-refractivity contribution is 6.14. The largest absolute Gasteiger partial charge is 0.507 e. The monoisotopic (exact) mass is 364 g/mol. The van der Waals surface area contributed by atoms with Crippen molar-refractivity contribution in [2.75, 3.05) is 14.2 Å². The minimum Gasteiger partial charge on any atom is -0.507 e. The first kappa shape index (κ1) is 16.5. The number of aromatic hydroxyl groups is 1. The van der Waals surface area contributed by atoms with E-state index in [0.717, 1.165) is 33.4 Å². The molecule has 0 aromatic heterocycles. The van der Waals surface area contributed by atoms with Crippen LogP contribution in [-0.4, -0.2) is 36.3 Å². The van der Waals surface area contributed by atoms with Gasteiger partial charge in [0.1, 0.15) is 17.6 Å². The van der Waals surface area contributed by atoms with Gasteiger partial charge in [-0.25, -0.2) is 0 Å². The highest BCUT2D eigenvalue weighted by Crippen LogP contribution is 2.60. The first-order valence-electron chi connectivity index (χ1n) is 9.09. The van der Waals surface area contributed by atoms with E-state index in [2.05, 4.69) is 0 Å². The van der Waals surface area contributed by atoms with Crippen LogP contribution in [0.5, 0.6) is 11.5 Å². The number of aliphatic hydroxyl groups is 1. The molecule has 138 valence electrons. The van der Waals surface area contributed by atoms with Crippen LogP contribution in [0, 0.1) is 0 Å². The number of carbonyl (C=O) groups is 1. The first-order chi connectivity index (χ1) is 13.1. The van der Waals surface area contributed by atoms with Crippen LogP contribution in [0.4, 0.5) is 0 Å². The standard InChI is InChI=1S/C22H20O5/c1-26-15-5-3-4-10-16-11-6-8-13(23)20-14(24)9-7-12(17(11)20)19(16)22(27-2)21(25)18(10)15/h3-5,7,9,19,21-22,24-25H,6,8H2,1-2H3/t19?,21-,22+/m0/s1. The Bertz CT molecular complexity index is 1020. The molecule has 5 heteroatoms. The minimum atomic E-state index is -0.851. The Morgan fingerprint density at radius 2 is 1.89 bits per heavy atom. The summed E-state index contributed by atoms with van der Waals surface area (Å²) in [5.41, 5.74) is 5.99. The van der Waals surface area contributed by atoms with Crippen LogP contribution in [0.15, 0.2) is 30.3 Å². The fraction of sp³-hybridized carbons (Fsp3) is 0.318. The van der Waals surface area contributed by atoms with Crippen LogP contribution < -0.4 is 4.74 Å². The smallest absolute Gasteiger partial charge is 0.167 e. The average molecular weight is 364 g/mol. The minimum absolute atomic E-state index is 0.0237. The van der Waals surface area contributed by atoms with E-state index in [0.29, 0.717) is 24.2 Å². The van der Waals surface area contributed by atoms with E-state index in [9.17, 15) is 15.0 Å². The number of phenols is 1. The van der Waals surface area contributed by atoms with Gasteiger partial charge >= 0.3 is 0 Å². The molecule has 0 aliphatic heterocycles. The van der Waals surface area contributed by atoms with Gasteiger partial charge in [0, 0.05) is 25.0 Å². The van der Waals surface area contributed by atoms with Crippen molar-refractivity contribution >= 4 is 16.9 Å². The lowest BCUT2D eigenvalue weighted by Gasteiger charge is -2.37. The normalized spacial score (nSPS) is 25.1. The molecule has 0 saturated heterocycles. The number of methoxy groups -OCH3 is 2. The molecule has 0 fully saturated rings. The highest BCUT2D eigenvalue weighted by atomic mass is 16.5. The Kier molecular flexibility index (Phi) is 3.48. The van der Waals surface area contributed by atoms with Gasteiger partial charge in [-0.3, -0.25) is 4.79 Å². The van der Waals surface area contributed by atoms with Crippen molar-refractivity contribution in [3.8, 4) is 11.5 Å². The van der Waals surface area contributed by atoms with Crippen molar-refractivity contribution in [3.05, 3.63) is 58.1 Å². The summed E-state index contributed by atoms with van der Waals surface area (Å²) in [4.78, 5) is 12.5. The van der Waals surface area contributed by atoms with Crippen molar-refractivity contribution in [2.24, 2.45) is 0 Å². The molecule has 0 spiro atoms. The zero-order chi connectivity index (χ0) is 18.9. The summed E-state index contributed by atoms with van der Waals surface area (Å²) in [5, 5.41) is 21.5. The number of fused-ring (bicyclic) bond motifs is 4. The molecule has 2 N–H and O–H groups in total. The number of rotatable bonds is 2. The maximum absolute atomic E-state index is 12.5. The molecule has 0 radical (unpaired) electrons. The van der Waals surface area contributed by atoms with Crippen LogP contribution >= 0.6 is 0 Å². The van der Waals surface area contributed by atoms with E-state index < -0.39 is 12.2 Å². The van der Waals surface area contributed by atoms with Gasteiger partial charge in [0.15, 0.2) is 5.78 Å². The zero-order valence-electron chi connectivity index (χ0n) is 15.2. The van der Waals surface area contributed by atoms with Crippen LogP contribution in [0.3, 0.4) is 0 Å². The number of benzene rings is 2. The lowest BCUT2D eigenvalue weighted by molar-refractivity contribution is -0.0234. The number of ether oxygens (including phenoxy) is 2. The zero-order valence-corrected chi connectivity index (χ0v) is 15.2. The van der Waals surface area contributed by atoms with Crippen LogP contribution in [-0.2, 0) is 4.74 Å². The number of carbonyl (C=O) groups excluding carboxylic acids is 1. The van der Waals surface area contributed by atoms with Crippen molar-refractivity contribution in [1.82, 2.24) is 0 Å². The number of Topliss-reactive ketones (excluding diaryl/α,β-unsaturated/α-hetero) is 1. The number of hydrogen-bond acceptors (Lipinski definition) is 5. The highest BCUT2D eigenvalue weighted by Gasteiger charge is 2.48. The van der Waals surface area contributed by atoms with Gasteiger partial charge in [0.2, 0.25) is 0 Å². The first-order valence-corrected chi connectivity index (χ1v) is 9.09. The van der Waals surface area contributed by atoms with E-state index in [4.69, 9.17) is 9.47 Å². The van der Waals surface area contributed by atoms with Crippen LogP contribution in [0.25, 0.3) is 11.1 Å². The molecule has 1 unspecified atom stereocenters. The molecule has 0 saturated carbocycles. The summed E-state index contributed by atoms with van der Waals surface area (Å²) in [6, 6.07) is 9.18. The van der Waals surface area contributed by atoms with Gasteiger partial charge in [0.25, 0.3) is 0 Å². The van der Waals surface area contributed by atoms with Gasteiger partial charge in [-0.15, -0.1) is 0 Å². The van der Waals surface area contributed by atoms with Gasteiger partial charge in [-0.2, -0.15) is 0 Å². The lowest BCUT2D eigenvalue weighted by Crippen LogP contribution is -2.33. The number of allylic oxidation sites excluding steroid dienone is 1. The second-order valence-electron chi connectivity index (χ2n) is 7.28. The fourth-order valence-corrected chi connectivity index (χ4v) is 5.12. The average Bonchev–Trinajstić information content (AvgIpc) is 3.01. The number of aliphatic hydroxyl groups excluding tert-OH is 1. The molecule has 3 aliphatic carbocycles. The summed E-state index contributed by atoms with van der Waals surface area (Å²) < 4.78 is 11.3. The third-order valence-corrected chi connectivity index (χ3v) is 6.15. The van der Waals surface area contributed by atoms with Crippen LogP contribution in [0.1, 0.15) is 57.5 Å². The SMILES string of the molecule is COc1cccc2c1[C@H](O)[C@H](OC)C1C2=C2CCC(=O)c3c(O)ccc1c32. The molecule has 3 aliphatic rings. The second kappa shape index (κ2) is 5.68. The maximum atomic E-state index is 12.5. The molecule has 2 aromatic rings. The summed E-state index contributed by atoms with van der Waals surface area (Å²) in [7, 11) is 3.18. The van der Waals surface area contributed by atoms with Crippen molar-refractivity contribution < 1.29 is 24.5 Å². The van der Waals surface area contributed by atoms with E-state index in [1.807, 2.05) is 24.3 Å². The Hall–Kier alpha value is -2.63. The molecule has 27 heavy (non-hydrogen) atoms. The molecule has 5 rings (SSSR count). The van der Waals surface area contributed by atoms with Crippen molar-refractivity contribution in [2.45, 2.75) is 31.0 Å². The molecular weight excluding hydrogens is 344 g/mol. The number of ketones is 1. The van der Waals surface area contributed by atoms with E-state index >= 15 is 0 Å². The van der Waals surface area contributed by atoms with Gasteiger partial charge in [-0.1, -0.05) is 18.2 Å². The van der Waals surface area contributed by atoms with Gasteiger partial charge in [0.05, 0.1) is 18.8 Å². The summed E-state index contributed by atoms with van der Waals surface area (Å²) in [5.74, 6) is 0.433. The molecule has 0 bridgehead atoms. The third kappa shape index (κ3) is 1.98. The summed E-state index contributed by atoms with van der Waals surface area (Å²) >= 11 is 0. The summed E-state index contributed by atoms with van der Waals surface area (Å²) in [6.45, 7) is 0. The molecule has 5 nitrogen and oxygen atoms in total. The second-order valence-corrected chi connectivity index (χ2v) is 7.28. The quantitative estimate of drug-likeness (QED) is 0.854. The van der Waals surface area contributed by atoms with Crippen molar-refractivity contribution in [1.29, 1.82) is 0 Å². The third-order valence-electron chi connectivity index (χ3n) is 6.15. The van der Waals surface area contributed by atoms with Crippen molar-refractivity contribution in [3.63, 3.8) is 0 Å². The van der Waals surface area contributed by atoms with E-state index in [1.54, 1.807) is 20.3 Å². The maximum Gasteiger partial charge on any atom is 0.167 e.